The van der Waals surface area contributed by atoms with Crippen LogP contribution in [0.3, 0.4) is 0 Å². The normalized spacial score (nSPS) is 21.0. The molecule has 0 aromatic carbocycles. The van der Waals surface area contributed by atoms with E-state index in [1.165, 1.54) is 4.63 Å². The summed E-state index contributed by atoms with van der Waals surface area (Å²) < 4.78 is 6.77. The van der Waals surface area contributed by atoms with Gasteiger partial charge in [0.05, 0.1) is 19.3 Å². The van der Waals surface area contributed by atoms with Crippen molar-refractivity contribution in [2.45, 2.75) is 6.10 Å². The van der Waals surface area contributed by atoms with E-state index >= 15 is 0 Å². The zero-order chi connectivity index (χ0) is 11.7. The molecule has 0 saturated carbocycles. The van der Waals surface area contributed by atoms with E-state index in [0.717, 1.165) is 12.4 Å². The van der Waals surface area contributed by atoms with E-state index in [9.17, 15) is 0 Å². The van der Waals surface area contributed by atoms with Crippen molar-refractivity contribution in [3.05, 3.63) is 12.1 Å². The summed E-state index contributed by atoms with van der Waals surface area (Å²) in [7, 11) is 0. The van der Waals surface area contributed by atoms with E-state index in [4.69, 9.17) is 9.84 Å². The standard InChI is InChI=1S/C9H12N6O2/c16-6-7-5-14(3-4-17-7)9-2-1-8-10-12-13-15(8)11-9/h1-2,7,16H,3-6H2. The fraction of sp³-hybridized carbons (Fsp3) is 0.556. The maximum Gasteiger partial charge on any atom is 0.200 e. The molecule has 90 valence electrons. The van der Waals surface area contributed by atoms with Gasteiger partial charge < -0.3 is 14.7 Å². The van der Waals surface area contributed by atoms with Gasteiger partial charge in [0.1, 0.15) is 0 Å². The highest BCUT2D eigenvalue weighted by Crippen LogP contribution is 2.14. The molecule has 1 aliphatic rings. The Morgan fingerprint density at radius 3 is 3.29 bits per heavy atom. The Morgan fingerprint density at radius 1 is 1.47 bits per heavy atom. The van der Waals surface area contributed by atoms with Gasteiger partial charge in [-0.2, -0.15) is 0 Å². The third-order valence-electron chi connectivity index (χ3n) is 2.72. The molecule has 8 heteroatoms. The van der Waals surface area contributed by atoms with Crippen LogP contribution in [0, 0.1) is 0 Å². The van der Waals surface area contributed by atoms with Crippen molar-refractivity contribution in [3.63, 3.8) is 0 Å². The van der Waals surface area contributed by atoms with Gasteiger partial charge in [0.15, 0.2) is 11.5 Å². The summed E-state index contributed by atoms with van der Waals surface area (Å²) in [5.41, 5.74) is 0.612. The Labute approximate surface area is 96.8 Å². The molecule has 0 radical (unpaired) electrons. The number of rotatable bonds is 2. The second-order valence-corrected chi connectivity index (χ2v) is 3.84. The van der Waals surface area contributed by atoms with Crippen LogP contribution in [-0.4, -0.2) is 62.8 Å². The maximum absolute atomic E-state index is 9.08. The maximum atomic E-state index is 9.08. The molecule has 3 rings (SSSR count). The summed E-state index contributed by atoms with van der Waals surface area (Å²) in [6.45, 7) is 1.97. The number of fused-ring (bicyclic) bond motifs is 1. The van der Waals surface area contributed by atoms with Gasteiger partial charge in [-0.05, 0) is 22.6 Å². The van der Waals surface area contributed by atoms with Gasteiger partial charge >= 0.3 is 0 Å². The zero-order valence-electron chi connectivity index (χ0n) is 9.10. The summed E-state index contributed by atoms with van der Waals surface area (Å²) in [5, 5.41) is 24.5. The van der Waals surface area contributed by atoms with Crippen LogP contribution in [0.1, 0.15) is 0 Å². The minimum absolute atomic E-state index is 0.0175. The summed E-state index contributed by atoms with van der Waals surface area (Å²) in [6, 6.07) is 3.68. The van der Waals surface area contributed by atoms with Crippen molar-refractivity contribution in [2.75, 3.05) is 31.2 Å². The lowest BCUT2D eigenvalue weighted by Crippen LogP contribution is -2.44. The molecule has 3 heterocycles. The lowest BCUT2D eigenvalue weighted by Gasteiger charge is -2.32. The Morgan fingerprint density at radius 2 is 2.41 bits per heavy atom. The predicted octanol–water partition coefficient (Wildman–Crippen LogP) is -1.28. The Hall–Kier alpha value is -1.80. The molecule has 1 saturated heterocycles. The molecule has 2 aromatic heterocycles. The number of nitrogens with zero attached hydrogens (tertiary/aromatic N) is 6. The summed E-state index contributed by atoms with van der Waals surface area (Å²) in [5.74, 6) is 0.784. The van der Waals surface area contributed by atoms with Crippen molar-refractivity contribution in [1.82, 2.24) is 25.3 Å². The fourth-order valence-electron chi connectivity index (χ4n) is 1.85. The molecule has 1 aliphatic heterocycles. The number of aromatic nitrogens is 5. The van der Waals surface area contributed by atoms with Crippen LogP contribution in [0.4, 0.5) is 5.82 Å². The summed E-state index contributed by atoms with van der Waals surface area (Å²) >= 11 is 0. The molecule has 0 bridgehead atoms. The number of tetrazole rings is 1. The highest BCUT2D eigenvalue weighted by Gasteiger charge is 2.21. The third-order valence-corrected chi connectivity index (χ3v) is 2.72. The van der Waals surface area contributed by atoms with Crippen molar-refractivity contribution in [2.24, 2.45) is 0 Å². The van der Waals surface area contributed by atoms with Gasteiger partial charge in [0.25, 0.3) is 0 Å². The summed E-state index contributed by atoms with van der Waals surface area (Å²) in [4.78, 5) is 2.05. The second kappa shape index (κ2) is 4.22. The van der Waals surface area contributed by atoms with E-state index in [0.29, 0.717) is 18.8 Å². The molecule has 2 aromatic rings. The first-order chi connectivity index (χ1) is 8.36. The molecule has 1 atom stereocenters. The fourth-order valence-corrected chi connectivity index (χ4v) is 1.85. The minimum Gasteiger partial charge on any atom is -0.394 e. The van der Waals surface area contributed by atoms with E-state index in [1.807, 2.05) is 17.0 Å². The molecule has 1 unspecified atom stereocenters. The molecule has 17 heavy (non-hydrogen) atoms. The highest BCUT2D eigenvalue weighted by atomic mass is 16.5. The minimum atomic E-state index is -0.157. The summed E-state index contributed by atoms with van der Waals surface area (Å²) in [6.07, 6.45) is -0.157. The molecule has 1 N–H and O–H groups in total. The first kappa shape index (κ1) is 10.4. The lowest BCUT2D eigenvalue weighted by molar-refractivity contribution is 0.00330. The second-order valence-electron chi connectivity index (χ2n) is 3.84. The van der Waals surface area contributed by atoms with E-state index in [2.05, 4.69) is 20.6 Å². The average molecular weight is 236 g/mol. The molecule has 0 amide bonds. The number of morpholine rings is 1. The van der Waals surface area contributed by atoms with E-state index < -0.39 is 0 Å². The molecular formula is C9H12N6O2. The largest absolute Gasteiger partial charge is 0.394 e. The van der Waals surface area contributed by atoms with Crippen molar-refractivity contribution in [1.29, 1.82) is 0 Å². The van der Waals surface area contributed by atoms with E-state index in [-0.39, 0.29) is 12.7 Å². The van der Waals surface area contributed by atoms with Gasteiger partial charge in [0.2, 0.25) is 0 Å². The van der Waals surface area contributed by atoms with Gasteiger partial charge in [-0.25, -0.2) is 0 Å². The molecular weight excluding hydrogens is 224 g/mol. The predicted molar refractivity (Wildman–Crippen MR) is 57.6 cm³/mol. The van der Waals surface area contributed by atoms with Crippen LogP contribution in [0.25, 0.3) is 5.65 Å². The van der Waals surface area contributed by atoms with Crippen LogP contribution in [0.2, 0.25) is 0 Å². The molecule has 0 aliphatic carbocycles. The molecule has 0 spiro atoms. The van der Waals surface area contributed by atoms with Gasteiger partial charge in [0, 0.05) is 13.1 Å². The highest BCUT2D eigenvalue weighted by molar-refractivity contribution is 5.44. The average Bonchev–Trinajstić information content (AvgIpc) is 2.86. The van der Waals surface area contributed by atoms with Crippen molar-refractivity contribution in [3.8, 4) is 0 Å². The monoisotopic (exact) mass is 236 g/mol. The number of anilines is 1. The molecule has 8 nitrogen and oxygen atoms in total. The smallest absolute Gasteiger partial charge is 0.200 e. The molecule has 1 fully saturated rings. The van der Waals surface area contributed by atoms with Crippen LogP contribution in [-0.2, 0) is 4.74 Å². The Bertz CT molecular complexity index is 515. The number of hydrogen-bond donors (Lipinski definition) is 1. The number of hydrogen-bond acceptors (Lipinski definition) is 7. The quantitative estimate of drug-likeness (QED) is 0.694. The van der Waals surface area contributed by atoms with Gasteiger partial charge in [-0.1, -0.05) is 0 Å². The van der Waals surface area contributed by atoms with Gasteiger partial charge in [-0.15, -0.1) is 14.8 Å². The van der Waals surface area contributed by atoms with E-state index in [1.54, 1.807) is 0 Å². The third kappa shape index (κ3) is 1.92. The topological polar surface area (TPSA) is 88.7 Å². The lowest BCUT2D eigenvalue weighted by atomic mass is 10.3. The zero-order valence-corrected chi connectivity index (χ0v) is 9.10. The van der Waals surface area contributed by atoms with Crippen LogP contribution >= 0.6 is 0 Å². The van der Waals surface area contributed by atoms with Crippen molar-refractivity contribution >= 4 is 11.5 Å². The first-order valence-electron chi connectivity index (χ1n) is 5.39. The number of aliphatic hydroxyl groups excluding tert-OH is 1. The number of ether oxygens (including phenoxy) is 1. The Balaban J connectivity index is 1.86. The van der Waals surface area contributed by atoms with Crippen LogP contribution < -0.4 is 4.90 Å². The van der Waals surface area contributed by atoms with Gasteiger partial charge in [-0.3, -0.25) is 0 Å². The van der Waals surface area contributed by atoms with Crippen LogP contribution in [0.15, 0.2) is 12.1 Å². The van der Waals surface area contributed by atoms with Crippen molar-refractivity contribution < 1.29 is 9.84 Å². The SMILES string of the molecule is OCC1CN(c2ccc3nnnn3n2)CCO1. The first-order valence-corrected chi connectivity index (χ1v) is 5.39. The number of aliphatic hydroxyl groups is 1. The van der Waals surface area contributed by atoms with Crippen LogP contribution in [0.5, 0.6) is 0 Å². The Kier molecular flexibility index (Phi) is 2.57.